The van der Waals surface area contributed by atoms with E-state index in [4.69, 9.17) is 4.74 Å². The van der Waals surface area contributed by atoms with E-state index in [-0.39, 0.29) is 0 Å². The molecule has 86 valence electrons. The van der Waals surface area contributed by atoms with Crippen molar-refractivity contribution in [1.29, 1.82) is 0 Å². The number of aliphatic imine (C=N–C) groups is 1. The molecule has 1 heterocycles. The Labute approximate surface area is 98.5 Å². The third-order valence-electron chi connectivity index (χ3n) is 1.92. The summed E-state index contributed by atoms with van der Waals surface area (Å²) < 4.78 is 5.06. The lowest BCUT2D eigenvalue weighted by Gasteiger charge is -2.08. The maximum absolute atomic E-state index is 11.5. The summed E-state index contributed by atoms with van der Waals surface area (Å²) in [5.41, 5.74) is 0. The number of nitrogens with zero attached hydrogens (tertiary/aromatic N) is 1. The topological polar surface area (TPSA) is 62.7 Å². The van der Waals surface area contributed by atoms with Crippen molar-refractivity contribution in [2.75, 3.05) is 0 Å². The largest absolute Gasteiger partial charge is 0.418 e. The number of rotatable bonds is 2. The molecule has 0 radical (unpaired) electrons. The van der Waals surface area contributed by atoms with Gasteiger partial charge in [-0.25, -0.2) is 9.79 Å². The van der Waals surface area contributed by atoms with Crippen LogP contribution in [0.25, 0.3) is 0 Å². The minimum Gasteiger partial charge on any atom is -0.410 e. The highest BCUT2D eigenvalue weighted by atomic mass is 16.6. The highest BCUT2D eigenvalue weighted by Crippen LogP contribution is 2.08. The molecular weight excluding hydrogens is 218 g/mol. The van der Waals surface area contributed by atoms with Crippen LogP contribution >= 0.6 is 0 Å². The van der Waals surface area contributed by atoms with Gasteiger partial charge in [0.2, 0.25) is 0 Å². The molecular formula is C12H11N3O2. The van der Waals surface area contributed by atoms with Gasteiger partial charge in [-0.3, -0.25) is 5.32 Å². The van der Waals surface area contributed by atoms with Crippen molar-refractivity contribution < 1.29 is 9.53 Å². The van der Waals surface area contributed by atoms with Crippen molar-refractivity contribution in [2.24, 2.45) is 4.99 Å². The standard InChI is InChI=1S/C12H11N3O2/c16-12(17-10-5-2-1-3-6-10)15-11-7-4-8-13-9-14-11/h1-9H,(H,13,14)(H,15,16). The van der Waals surface area contributed by atoms with Gasteiger partial charge in [0.05, 0.1) is 6.34 Å². The average molecular weight is 229 g/mol. The zero-order chi connectivity index (χ0) is 11.9. The lowest BCUT2D eigenvalue weighted by atomic mass is 10.3. The van der Waals surface area contributed by atoms with Crippen LogP contribution in [0.15, 0.2) is 59.5 Å². The fraction of sp³-hybridized carbons (Fsp3) is 0. The van der Waals surface area contributed by atoms with Crippen LogP contribution in [-0.4, -0.2) is 12.4 Å². The number of benzene rings is 1. The van der Waals surface area contributed by atoms with Crippen molar-refractivity contribution in [1.82, 2.24) is 10.6 Å². The number of para-hydroxylation sites is 1. The van der Waals surface area contributed by atoms with Crippen LogP contribution < -0.4 is 15.4 Å². The Morgan fingerprint density at radius 2 is 2.12 bits per heavy atom. The van der Waals surface area contributed by atoms with Crippen molar-refractivity contribution >= 4 is 12.4 Å². The molecule has 1 aromatic carbocycles. The summed E-state index contributed by atoms with van der Waals surface area (Å²) in [6.07, 6.45) is 5.90. The second kappa shape index (κ2) is 5.50. The van der Waals surface area contributed by atoms with Gasteiger partial charge in [-0.2, -0.15) is 0 Å². The van der Waals surface area contributed by atoms with Crippen molar-refractivity contribution in [2.45, 2.75) is 0 Å². The first-order valence-electron chi connectivity index (χ1n) is 5.03. The number of nitrogens with one attached hydrogen (secondary N) is 2. The number of ether oxygens (including phenoxy) is 1. The van der Waals surface area contributed by atoms with Gasteiger partial charge < -0.3 is 10.1 Å². The van der Waals surface area contributed by atoms with E-state index in [1.54, 1.807) is 42.6 Å². The summed E-state index contributed by atoms with van der Waals surface area (Å²) in [5.74, 6) is 0.992. The van der Waals surface area contributed by atoms with Crippen molar-refractivity contribution in [3.8, 4) is 5.75 Å². The fourth-order valence-corrected chi connectivity index (χ4v) is 1.20. The maximum Gasteiger partial charge on any atom is 0.418 e. The quantitative estimate of drug-likeness (QED) is 0.812. The Morgan fingerprint density at radius 1 is 1.29 bits per heavy atom. The highest BCUT2D eigenvalue weighted by molar-refractivity contribution is 5.73. The van der Waals surface area contributed by atoms with Gasteiger partial charge in [-0.1, -0.05) is 18.2 Å². The third-order valence-corrected chi connectivity index (χ3v) is 1.92. The van der Waals surface area contributed by atoms with E-state index in [9.17, 15) is 4.79 Å². The zero-order valence-electron chi connectivity index (χ0n) is 8.96. The lowest BCUT2D eigenvalue weighted by Crippen LogP contribution is -2.32. The molecule has 1 aliphatic rings. The number of hydrogen-bond donors (Lipinski definition) is 2. The van der Waals surface area contributed by atoms with E-state index in [2.05, 4.69) is 15.6 Å². The maximum atomic E-state index is 11.5. The Hall–Kier alpha value is -2.56. The highest BCUT2D eigenvalue weighted by Gasteiger charge is 2.05. The molecule has 1 amide bonds. The van der Waals surface area contributed by atoms with E-state index in [0.29, 0.717) is 11.6 Å². The van der Waals surface area contributed by atoms with Crippen LogP contribution in [-0.2, 0) is 0 Å². The summed E-state index contributed by atoms with van der Waals surface area (Å²) in [4.78, 5) is 15.4. The Morgan fingerprint density at radius 3 is 2.94 bits per heavy atom. The van der Waals surface area contributed by atoms with Gasteiger partial charge in [0.25, 0.3) is 0 Å². The molecule has 0 saturated carbocycles. The van der Waals surface area contributed by atoms with Gasteiger partial charge in [-0.05, 0) is 24.3 Å². The summed E-state index contributed by atoms with van der Waals surface area (Å²) in [7, 11) is 0. The van der Waals surface area contributed by atoms with Crippen molar-refractivity contribution in [3.63, 3.8) is 0 Å². The first kappa shape index (κ1) is 10.9. The zero-order valence-corrected chi connectivity index (χ0v) is 8.96. The van der Waals surface area contributed by atoms with Gasteiger partial charge >= 0.3 is 6.09 Å². The molecule has 0 fully saturated rings. The van der Waals surface area contributed by atoms with Crippen LogP contribution in [0.3, 0.4) is 0 Å². The summed E-state index contributed by atoms with van der Waals surface area (Å²) in [5, 5.41) is 5.35. The number of amides is 1. The average Bonchev–Trinajstić information content (AvgIpc) is 2.59. The third kappa shape index (κ3) is 3.49. The van der Waals surface area contributed by atoms with Crippen LogP contribution in [0.1, 0.15) is 0 Å². The molecule has 17 heavy (non-hydrogen) atoms. The van der Waals surface area contributed by atoms with E-state index in [1.807, 2.05) is 6.07 Å². The normalized spacial score (nSPS) is 13.3. The van der Waals surface area contributed by atoms with Gasteiger partial charge in [0, 0.05) is 6.20 Å². The summed E-state index contributed by atoms with van der Waals surface area (Å²) in [6, 6.07) is 8.84. The second-order valence-electron chi connectivity index (χ2n) is 3.17. The minimum atomic E-state index is -0.557. The molecule has 1 aromatic rings. The number of allylic oxidation sites excluding steroid dienone is 2. The molecule has 5 nitrogen and oxygen atoms in total. The predicted octanol–water partition coefficient (Wildman–Crippen LogP) is 1.76. The first-order chi connectivity index (χ1) is 8.34. The van der Waals surface area contributed by atoms with Gasteiger partial charge in [-0.15, -0.1) is 0 Å². The SMILES string of the molecule is O=C(NC1=CC=CN=CN1)Oc1ccccc1. The van der Waals surface area contributed by atoms with E-state index in [0.717, 1.165) is 0 Å². The van der Waals surface area contributed by atoms with Crippen molar-refractivity contribution in [3.05, 3.63) is 54.5 Å². The molecule has 0 aliphatic carbocycles. The number of carbonyl (C=O) groups excluding carboxylic acids is 1. The molecule has 0 aromatic heterocycles. The van der Waals surface area contributed by atoms with E-state index >= 15 is 0 Å². The minimum absolute atomic E-state index is 0.489. The van der Waals surface area contributed by atoms with Crippen LogP contribution in [0.4, 0.5) is 4.79 Å². The van der Waals surface area contributed by atoms with E-state index in [1.165, 1.54) is 6.34 Å². The Kier molecular flexibility index (Phi) is 3.54. The Balaban J connectivity index is 1.92. The molecule has 2 N–H and O–H groups in total. The molecule has 2 rings (SSSR count). The van der Waals surface area contributed by atoms with E-state index < -0.39 is 6.09 Å². The predicted molar refractivity (Wildman–Crippen MR) is 64.5 cm³/mol. The number of carbonyl (C=O) groups is 1. The number of hydrogen-bond acceptors (Lipinski definition) is 4. The van der Waals surface area contributed by atoms with Gasteiger partial charge in [0.15, 0.2) is 0 Å². The first-order valence-corrected chi connectivity index (χ1v) is 5.03. The molecule has 0 spiro atoms. The van der Waals surface area contributed by atoms with Crippen LogP contribution in [0.2, 0.25) is 0 Å². The summed E-state index contributed by atoms with van der Waals surface area (Å²) >= 11 is 0. The molecule has 1 aliphatic heterocycles. The fourth-order valence-electron chi connectivity index (χ4n) is 1.20. The molecule has 0 saturated heterocycles. The monoisotopic (exact) mass is 229 g/mol. The van der Waals surface area contributed by atoms with Crippen LogP contribution in [0, 0.1) is 0 Å². The summed E-state index contributed by atoms with van der Waals surface area (Å²) in [6.45, 7) is 0. The smallest absolute Gasteiger partial charge is 0.410 e. The molecule has 0 unspecified atom stereocenters. The molecule has 0 atom stereocenters. The lowest BCUT2D eigenvalue weighted by molar-refractivity contribution is 0.203. The second-order valence-corrected chi connectivity index (χ2v) is 3.17. The molecule has 0 bridgehead atoms. The van der Waals surface area contributed by atoms with Crippen LogP contribution in [0.5, 0.6) is 5.75 Å². The van der Waals surface area contributed by atoms with Gasteiger partial charge in [0.1, 0.15) is 11.6 Å². The molecule has 5 heteroatoms. The Bertz CT molecular complexity index is 478.